The number of carbonyl (C=O) groups is 2. The minimum Gasteiger partial charge on any atom is -0.465 e. The zero-order chi connectivity index (χ0) is 21.7. The van der Waals surface area contributed by atoms with E-state index in [1.165, 1.54) is 35.5 Å². The fourth-order valence-corrected chi connectivity index (χ4v) is 4.38. The number of rotatable bonds is 3. The minimum absolute atomic E-state index is 0.0451. The molecule has 0 spiro atoms. The van der Waals surface area contributed by atoms with Crippen molar-refractivity contribution in [3.05, 3.63) is 92.5 Å². The van der Waals surface area contributed by atoms with Crippen LogP contribution in [-0.4, -0.2) is 24.0 Å². The van der Waals surface area contributed by atoms with E-state index in [-0.39, 0.29) is 22.3 Å². The molecule has 3 heterocycles. The highest BCUT2D eigenvalue weighted by Crippen LogP contribution is 2.41. The predicted octanol–water partition coefficient (Wildman–Crippen LogP) is 3.93. The van der Waals surface area contributed by atoms with E-state index in [1.54, 1.807) is 35.8 Å². The number of amides is 1. The Bertz CT molecular complexity index is 1400. The largest absolute Gasteiger partial charge is 0.465 e. The van der Waals surface area contributed by atoms with Gasteiger partial charge < -0.3 is 9.15 Å². The van der Waals surface area contributed by atoms with Crippen molar-refractivity contribution >= 4 is 39.3 Å². The molecular formula is C22H13FN2O5S. The Morgan fingerprint density at radius 2 is 1.97 bits per heavy atom. The van der Waals surface area contributed by atoms with E-state index in [1.807, 2.05) is 0 Å². The second-order valence-corrected chi connectivity index (χ2v) is 7.69. The first-order valence-electron chi connectivity index (χ1n) is 9.17. The number of fused-ring (bicyclic) bond motifs is 2. The van der Waals surface area contributed by atoms with Gasteiger partial charge >= 0.3 is 5.97 Å². The maximum absolute atomic E-state index is 13.8. The van der Waals surface area contributed by atoms with Gasteiger partial charge in [-0.3, -0.25) is 14.5 Å². The Morgan fingerprint density at radius 3 is 2.65 bits per heavy atom. The van der Waals surface area contributed by atoms with E-state index in [9.17, 15) is 18.8 Å². The normalized spacial score (nSPS) is 15.4. The molecule has 1 amide bonds. The molecule has 9 heteroatoms. The summed E-state index contributed by atoms with van der Waals surface area (Å²) in [5.74, 6) is -1.72. The molecule has 2 aromatic carbocycles. The van der Waals surface area contributed by atoms with Crippen molar-refractivity contribution < 1.29 is 23.1 Å². The van der Waals surface area contributed by atoms with Crippen LogP contribution in [0.25, 0.3) is 11.0 Å². The molecular weight excluding hydrogens is 423 g/mol. The number of aromatic nitrogens is 1. The average Bonchev–Trinajstić information content (AvgIpc) is 3.40. The summed E-state index contributed by atoms with van der Waals surface area (Å²) in [6, 6.07) is 9.10. The third-order valence-electron chi connectivity index (χ3n) is 5.11. The summed E-state index contributed by atoms with van der Waals surface area (Å²) >= 11 is 1.23. The molecule has 154 valence electrons. The molecule has 1 unspecified atom stereocenters. The number of methoxy groups -OCH3 is 1. The lowest BCUT2D eigenvalue weighted by atomic mass is 9.97. The average molecular weight is 436 g/mol. The molecule has 1 aliphatic rings. The molecule has 0 bridgehead atoms. The Hall–Kier alpha value is -3.85. The number of halogens is 1. The van der Waals surface area contributed by atoms with Crippen LogP contribution < -0.4 is 10.3 Å². The van der Waals surface area contributed by atoms with E-state index in [0.717, 1.165) is 6.07 Å². The van der Waals surface area contributed by atoms with Crippen molar-refractivity contribution in [2.24, 2.45) is 0 Å². The molecule has 0 saturated carbocycles. The lowest BCUT2D eigenvalue weighted by Gasteiger charge is -2.22. The molecule has 4 aromatic rings. The molecule has 2 aromatic heterocycles. The van der Waals surface area contributed by atoms with Crippen LogP contribution in [0.1, 0.15) is 38.1 Å². The number of carbonyl (C=O) groups excluding carboxylic acids is 2. The number of anilines is 1. The van der Waals surface area contributed by atoms with Crippen LogP contribution >= 0.6 is 11.3 Å². The van der Waals surface area contributed by atoms with E-state index >= 15 is 0 Å². The predicted molar refractivity (Wildman–Crippen MR) is 111 cm³/mol. The van der Waals surface area contributed by atoms with Gasteiger partial charge in [0, 0.05) is 11.6 Å². The van der Waals surface area contributed by atoms with Gasteiger partial charge in [0.05, 0.1) is 29.7 Å². The molecule has 1 atom stereocenters. The summed E-state index contributed by atoms with van der Waals surface area (Å²) in [6.07, 6.45) is 1.55. The van der Waals surface area contributed by atoms with Gasteiger partial charge in [0.15, 0.2) is 10.6 Å². The number of esters is 1. The second kappa shape index (κ2) is 7.13. The highest BCUT2D eigenvalue weighted by molar-refractivity contribution is 7.13. The fraction of sp³-hybridized carbons (Fsp3) is 0.0909. The lowest BCUT2D eigenvalue weighted by molar-refractivity contribution is 0.0600. The zero-order valence-corrected chi connectivity index (χ0v) is 16.8. The fourth-order valence-electron chi connectivity index (χ4n) is 3.71. The number of ether oxygens (including phenoxy) is 1. The maximum Gasteiger partial charge on any atom is 0.337 e. The first kappa shape index (κ1) is 19.1. The van der Waals surface area contributed by atoms with Gasteiger partial charge in [-0.2, -0.15) is 0 Å². The molecule has 5 rings (SSSR count). The van der Waals surface area contributed by atoms with E-state index in [4.69, 9.17) is 9.15 Å². The third-order valence-corrected chi connectivity index (χ3v) is 5.88. The Kier molecular flexibility index (Phi) is 4.40. The smallest absolute Gasteiger partial charge is 0.337 e. The summed E-state index contributed by atoms with van der Waals surface area (Å²) in [4.78, 5) is 44.0. The Morgan fingerprint density at radius 1 is 1.19 bits per heavy atom. The number of hydrogen-bond acceptors (Lipinski definition) is 7. The van der Waals surface area contributed by atoms with Crippen molar-refractivity contribution in [2.75, 3.05) is 12.0 Å². The molecule has 0 fully saturated rings. The summed E-state index contributed by atoms with van der Waals surface area (Å²) in [7, 11) is 1.28. The van der Waals surface area contributed by atoms with Crippen molar-refractivity contribution in [3.8, 4) is 0 Å². The summed E-state index contributed by atoms with van der Waals surface area (Å²) < 4.78 is 24.3. The van der Waals surface area contributed by atoms with Gasteiger partial charge in [0.1, 0.15) is 11.4 Å². The Labute approximate surface area is 178 Å². The van der Waals surface area contributed by atoms with Crippen molar-refractivity contribution in [3.63, 3.8) is 0 Å². The maximum atomic E-state index is 13.8. The molecule has 31 heavy (non-hydrogen) atoms. The molecule has 0 saturated heterocycles. The quantitative estimate of drug-likeness (QED) is 0.452. The van der Waals surface area contributed by atoms with Crippen LogP contribution in [0, 0.1) is 5.82 Å². The van der Waals surface area contributed by atoms with Crippen molar-refractivity contribution in [2.45, 2.75) is 6.04 Å². The molecule has 0 aliphatic carbocycles. The van der Waals surface area contributed by atoms with Crippen LogP contribution in [0.3, 0.4) is 0 Å². The highest BCUT2D eigenvalue weighted by Gasteiger charge is 2.44. The number of thiazole rings is 1. The van der Waals surface area contributed by atoms with Crippen molar-refractivity contribution in [1.82, 2.24) is 4.98 Å². The molecule has 1 aliphatic heterocycles. The Balaban J connectivity index is 1.76. The highest BCUT2D eigenvalue weighted by atomic mass is 32.1. The first-order valence-corrected chi connectivity index (χ1v) is 10.0. The molecule has 0 radical (unpaired) electrons. The van der Waals surface area contributed by atoms with Crippen LogP contribution in [-0.2, 0) is 4.74 Å². The van der Waals surface area contributed by atoms with E-state index in [0.29, 0.717) is 16.3 Å². The number of nitrogens with zero attached hydrogens (tertiary/aromatic N) is 2. The van der Waals surface area contributed by atoms with Crippen LogP contribution in [0.15, 0.2) is 63.3 Å². The van der Waals surface area contributed by atoms with Gasteiger partial charge in [-0.1, -0.05) is 12.1 Å². The summed E-state index contributed by atoms with van der Waals surface area (Å²) in [5.41, 5.74) is 0.621. The molecule has 7 nitrogen and oxygen atoms in total. The van der Waals surface area contributed by atoms with Gasteiger partial charge in [-0.15, -0.1) is 11.3 Å². The number of benzene rings is 2. The second-order valence-electron chi connectivity index (χ2n) is 6.82. The van der Waals surface area contributed by atoms with Crippen LogP contribution in [0.2, 0.25) is 0 Å². The van der Waals surface area contributed by atoms with E-state index < -0.39 is 29.2 Å². The van der Waals surface area contributed by atoms with Gasteiger partial charge in [-0.05, 0) is 35.9 Å². The van der Waals surface area contributed by atoms with Crippen LogP contribution in [0.5, 0.6) is 0 Å². The third kappa shape index (κ3) is 2.93. The van der Waals surface area contributed by atoms with Gasteiger partial charge in [-0.25, -0.2) is 14.2 Å². The SMILES string of the molecule is COC(=O)c1ccc(C2c3c(oc4ccc(F)cc4c3=O)C(=O)N2c2nccs2)cc1. The van der Waals surface area contributed by atoms with Crippen molar-refractivity contribution in [1.29, 1.82) is 0 Å². The minimum atomic E-state index is -0.843. The lowest BCUT2D eigenvalue weighted by Crippen LogP contribution is -2.29. The first-order chi connectivity index (χ1) is 15.0. The summed E-state index contributed by atoms with van der Waals surface area (Å²) in [5, 5.41) is 2.14. The van der Waals surface area contributed by atoms with Gasteiger partial charge in [0.2, 0.25) is 5.76 Å². The topological polar surface area (TPSA) is 89.7 Å². The summed E-state index contributed by atoms with van der Waals surface area (Å²) in [6.45, 7) is 0. The monoisotopic (exact) mass is 436 g/mol. The molecule has 0 N–H and O–H groups in total. The van der Waals surface area contributed by atoms with Crippen LogP contribution in [0.4, 0.5) is 9.52 Å². The van der Waals surface area contributed by atoms with E-state index in [2.05, 4.69) is 4.98 Å². The zero-order valence-electron chi connectivity index (χ0n) is 16.0. The number of hydrogen-bond donors (Lipinski definition) is 0. The standard InChI is InChI=1S/C22H13FN2O5S/c1-29-21(28)12-4-2-11(3-5-12)17-16-18(26)14-10-13(23)6-7-15(14)30-19(16)20(27)25(17)22-24-8-9-31-22/h2-10,17H,1H3. The van der Waals surface area contributed by atoms with Gasteiger partial charge in [0.25, 0.3) is 5.91 Å².